The zero-order valence-electron chi connectivity index (χ0n) is 10.1. The van der Waals surface area contributed by atoms with Crippen molar-refractivity contribution in [1.29, 1.82) is 0 Å². The largest absolute Gasteiger partial charge is 0.388 e. The number of aliphatic hydroxyl groups excluding tert-OH is 1. The molecule has 1 rings (SSSR count). The van der Waals surface area contributed by atoms with Gasteiger partial charge in [0.25, 0.3) is 0 Å². The van der Waals surface area contributed by atoms with Crippen molar-refractivity contribution in [2.24, 2.45) is 0 Å². The summed E-state index contributed by atoms with van der Waals surface area (Å²) >= 11 is 0. The molecular weight excluding hydrogens is 262 g/mol. The molecule has 6 heteroatoms. The lowest BCUT2D eigenvalue weighted by atomic mass is 10.1. The van der Waals surface area contributed by atoms with Crippen LogP contribution in [0.2, 0.25) is 0 Å². The van der Waals surface area contributed by atoms with E-state index in [4.69, 9.17) is 0 Å². The minimum absolute atomic E-state index is 0.0294. The maximum absolute atomic E-state index is 12.9. The molecule has 0 amide bonds. The summed E-state index contributed by atoms with van der Waals surface area (Å²) in [5, 5.41) is 9.71. The molecule has 0 heterocycles. The van der Waals surface area contributed by atoms with Gasteiger partial charge in [-0.1, -0.05) is 6.92 Å². The van der Waals surface area contributed by atoms with E-state index in [2.05, 4.69) is 0 Å². The van der Waals surface area contributed by atoms with Gasteiger partial charge in [-0.05, 0) is 30.5 Å². The quantitative estimate of drug-likeness (QED) is 0.868. The minimum atomic E-state index is -3.07. The molecule has 1 atom stereocenters. The van der Waals surface area contributed by atoms with Crippen LogP contribution < -0.4 is 0 Å². The Hall–Kier alpha value is -1.01. The molecule has 1 N–H and O–H groups in total. The van der Waals surface area contributed by atoms with Crippen molar-refractivity contribution < 1.29 is 22.3 Å². The molecule has 0 saturated heterocycles. The second-order valence-electron chi connectivity index (χ2n) is 4.10. The molecule has 0 aliphatic carbocycles. The molecule has 0 bridgehead atoms. The molecule has 0 aliphatic rings. The summed E-state index contributed by atoms with van der Waals surface area (Å²) in [6, 6.07) is 2.81. The van der Waals surface area contributed by atoms with Crippen LogP contribution in [-0.2, 0) is 9.84 Å². The fourth-order valence-electron chi connectivity index (χ4n) is 1.58. The molecule has 1 aromatic carbocycles. The first-order chi connectivity index (χ1) is 8.34. The Morgan fingerprint density at radius 3 is 2.28 bits per heavy atom. The van der Waals surface area contributed by atoms with Crippen LogP contribution in [0.25, 0.3) is 0 Å². The van der Waals surface area contributed by atoms with E-state index in [-0.39, 0.29) is 29.9 Å². The molecule has 1 unspecified atom stereocenters. The third kappa shape index (κ3) is 4.70. The summed E-state index contributed by atoms with van der Waals surface area (Å²) in [5.74, 6) is -1.49. The van der Waals surface area contributed by atoms with E-state index in [1.165, 1.54) is 0 Å². The van der Waals surface area contributed by atoms with Gasteiger partial charge in [-0.2, -0.15) is 0 Å². The first kappa shape index (κ1) is 15.0. The molecule has 0 saturated carbocycles. The molecule has 0 spiro atoms. The van der Waals surface area contributed by atoms with Crippen molar-refractivity contribution in [3.8, 4) is 0 Å². The maximum atomic E-state index is 12.9. The van der Waals surface area contributed by atoms with Gasteiger partial charge in [0.05, 0.1) is 11.9 Å². The lowest BCUT2D eigenvalue weighted by Crippen LogP contribution is -2.10. The Morgan fingerprint density at radius 1 is 1.22 bits per heavy atom. The van der Waals surface area contributed by atoms with Gasteiger partial charge in [-0.25, -0.2) is 17.2 Å². The SMILES string of the molecule is CCS(=O)(=O)CCCC(O)c1cc(F)cc(F)c1. The van der Waals surface area contributed by atoms with E-state index < -0.39 is 27.6 Å². The van der Waals surface area contributed by atoms with Crippen LogP contribution in [0.1, 0.15) is 31.4 Å². The molecule has 102 valence electrons. The summed E-state index contributed by atoms with van der Waals surface area (Å²) in [6.07, 6.45) is -0.639. The Labute approximate surface area is 105 Å². The van der Waals surface area contributed by atoms with Crippen LogP contribution in [0.5, 0.6) is 0 Å². The van der Waals surface area contributed by atoms with Crippen molar-refractivity contribution in [3.63, 3.8) is 0 Å². The van der Waals surface area contributed by atoms with Crippen molar-refractivity contribution in [1.82, 2.24) is 0 Å². The number of aliphatic hydroxyl groups is 1. The van der Waals surface area contributed by atoms with E-state index in [1.54, 1.807) is 6.92 Å². The zero-order valence-corrected chi connectivity index (χ0v) is 10.9. The highest BCUT2D eigenvalue weighted by Gasteiger charge is 2.13. The lowest BCUT2D eigenvalue weighted by molar-refractivity contribution is 0.166. The number of hydrogen-bond acceptors (Lipinski definition) is 3. The molecule has 3 nitrogen and oxygen atoms in total. The molecule has 18 heavy (non-hydrogen) atoms. The highest BCUT2D eigenvalue weighted by Crippen LogP contribution is 2.20. The average molecular weight is 278 g/mol. The number of hydrogen-bond donors (Lipinski definition) is 1. The fourth-order valence-corrected chi connectivity index (χ4v) is 2.47. The number of halogens is 2. The van der Waals surface area contributed by atoms with Crippen LogP contribution in [0.15, 0.2) is 18.2 Å². The topological polar surface area (TPSA) is 54.4 Å². The van der Waals surface area contributed by atoms with Gasteiger partial charge in [0.1, 0.15) is 21.5 Å². The Balaban J connectivity index is 2.58. The maximum Gasteiger partial charge on any atom is 0.150 e. The Kier molecular flexibility index (Phi) is 5.22. The standard InChI is InChI=1S/C12H16F2O3S/c1-2-18(16,17)5-3-4-12(15)9-6-10(13)8-11(14)7-9/h6-8,12,15H,2-5H2,1H3. The Morgan fingerprint density at radius 2 is 1.78 bits per heavy atom. The molecule has 0 aromatic heterocycles. The van der Waals surface area contributed by atoms with Gasteiger partial charge >= 0.3 is 0 Å². The predicted octanol–water partition coefficient (Wildman–Crippen LogP) is 2.21. The summed E-state index contributed by atoms with van der Waals surface area (Å²) in [4.78, 5) is 0. The number of rotatable bonds is 6. The molecule has 0 fully saturated rings. The van der Waals surface area contributed by atoms with Gasteiger partial charge in [0, 0.05) is 11.8 Å². The molecule has 1 aromatic rings. The Bertz CT molecular complexity index is 480. The predicted molar refractivity (Wildman–Crippen MR) is 64.9 cm³/mol. The van der Waals surface area contributed by atoms with Crippen LogP contribution in [0, 0.1) is 11.6 Å². The molecule has 0 radical (unpaired) electrons. The van der Waals surface area contributed by atoms with Crippen LogP contribution in [0.3, 0.4) is 0 Å². The average Bonchev–Trinajstić information content (AvgIpc) is 2.27. The lowest BCUT2D eigenvalue weighted by Gasteiger charge is -2.11. The van der Waals surface area contributed by atoms with Gasteiger partial charge in [0.15, 0.2) is 0 Å². The number of sulfone groups is 1. The van der Waals surface area contributed by atoms with E-state index >= 15 is 0 Å². The smallest absolute Gasteiger partial charge is 0.150 e. The highest BCUT2D eigenvalue weighted by molar-refractivity contribution is 7.91. The van der Waals surface area contributed by atoms with Crippen molar-refractivity contribution in [2.75, 3.05) is 11.5 Å². The zero-order chi connectivity index (χ0) is 13.8. The van der Waals surface area contributed by atoms with Crippen molar-refractivity contribution >= 4 is 9.84 Å². The summed E-state index contributed by atoms with van der Waals surface area (Å²) in [6.45, 7) is 1.55. The summed E-state index contributed by atoms with van der Waals surface area (Å²) < 4.78 is 48.3. The molecule has 0 aliphatic heterocycles. The van der Waals surface area contributed by atoms with Gasteiger partial charge in [-0.3, -0.25) is 0 Å². The third-order valence-electron chi connectivity index (χ3n) is 2.64. The second-order valence-corrected chi connectivity index (χ2v) is 6.57. The third-order valence-corrected chi connectivity index (χ3v) is 4.43. The minimum Gasteiger partial charge on any atom is -0.388 e. The van der Waals surface area contributed by atoms with Crippen molar-refractivity contribution in [3.05, 3.63) is 35.4 Å². The normalized spacial score (nSPS) is 13.6. The number of benzene rings is 1. The molecular formula is C12H16F2O3S. The van der Waals surface area contributed by atoms with Crippen LogP contribution in [0.4, 0.5) is 8.78 Å². The van der Waals surface area contributed by atoms with Crippen LogP contribution >= 0.6 is 0 Å². The fraction of sp³-hybridized carbons (Fsp3) is 0.500. The first-order valence-electron chi connectivity index (χ1n) is 5.68. The van der Waals surface area contributed by atoms with Crippen molar-refractivity contribution in [2.45, 2.75) is 25.9 Å². The monoisotopic (exact) mass is 278 g/mol. The first-order valence-corrected chi connectivity index (χ1v) is 7.50. The highest BCUT2D eigenvalue weighted by atomic mass is 32.2. The van der Waals surface area contributed by atoms with Crippen LogP contribution in [-0.4, -0.2) is 25.0 Å². The van der Waals surface area contributed by atoms with E-state index in [1.807, 2.05) is 0 Å². The summed E-state index contributed by atoms with van der Waals surface area (Å²) in [7, 11) is -3.07. The van der Waals surface area contributed by atoms with Gasteiger partial charge in [0.2, 0.25) is 0 Å². The van der Waals surface area contributed by atoms with E-state index in [0.29, 0.717) is 0 Å². The van der Waals surface area contributed by atoms with E-state index in [9.17, 15) is 22.3 Å². The van der Waals surface area contributed by atoms with E-state index in [0.717, 1.165) is 18.2 Å². The van der Waals surface area contributed by atoms with Gasteiger partial charge in [-0.15, -0.1) is 0 Å². The summed E-state index contributed by atoms with van der Waals surface area (Å²) in [5.41, 5.74) is 0.126. The second kappa shape index (κ2) is 6.24. The van der Waals surface area contributed by atoms with Gasteiger partial charge < -0.3 is 5.11 Å².